The first-order valence-electron chi connectivity index (χ1n) is 8.56. The average molecular weight is 454 g/mol. The number of morpholine rings is 1. The number of halogens is 1. The minimum Gasteiger partial charge on any atom is -0.466 e. The molecule has 2 aliphatic heterocycles. The smallest absolute Gasteiger partial charge is 0.310 e. The Morgan fingerprint density at radius 3 is 2.83 bits per heavy atom. The molecular formula is C16H31IN4O3. The van der Waals surface area contributed by atoms with Crippen LogP contribution in [0.4, 0.5) is 0 Å². The predicted octanol–water partition coefficient (Wildman–Crippen LogP) is 0.786. The second kappa shape index (κ2) is 11.1. The van der Waals surface area contributed by atoms with Gasteiger partial charge in [-0.05, 0) is 26.8 Å². The summed E-state index contributed by atoms with van der Waals surface area (Å²) in [6.45, 7) is 7.29. The van der Waals surface area contributed by atoms with Crippen molar-refractivity contribution in [1.82, 2.24) is 15.1 Å². The van der Waals surface area contributed by atoms with E-state index in [1.165, 1.54) is 0 Å². The summed E-state index contributed by atoms with van der Waals surface area (Å²) in [6.07, 6.45) is 2.05. The highest BCUT2D eigenvalue weighted by atomic mass is 127. The first-order chi connectivity index (χ1) is 11.1. The monoisotopic (exact) mass is 454 g/mol. The standard InChI is InChI=1S/C16H30N4O3.HI/c1-4-22-15(21)13-6-5-7-20(11-13)16(17-2)18-10-14-12-19(3)8-9-23-14;/h13-14H,4-12H2,1-3H3,(H,17,18);1H. The summed E-state index contributed by atoms with van der Waals surface area (Å²) in [5.41, 5.74) is 0. The number of likely N-dealkylation sites (tertiary alicyclic amines) is 1. The number of esters is 1. The summed E-state index contributed by atoms with van der Waals surface area (Å²) >= 11 is 0. The number of likely N-dealkylation sites (N-methyl/N-ethyl adjacent to an activating group) is 1. The molecule has 24 heavy (non-hydrogen) atoms. The molecule has 2 rings (SSSR count). The van der Waals surface area contributed by atoms with Gasteiger partial charge in [-0.2, -0.15) is 0 Å². The van der Waals surface area contributed by atoms with Crippen LogP contribution in [0, 0.1) is 5.92 Å². The van der Waals surface area contributed by atoms with Gasteiger partial charge < -0.3 is 24.6 Å². The van der Waals surface area contributed by atoms with Crippen LogP contribution in [0.25, 0.3) is 0 Å². The van der Waals surface area contributed by atoms with Gasteiger partial charge in [-0.25, -0.2) is 0 Å². The molecule has 0 amide bonds. The average Bonchev–Trinajstić information content (AvgIpc) is 2.56. The maximum absolute atomic E-state index is 12.0. The molecule has 2 saturated heterocycles. The summed E-state index contributed by atoms with van der Waals surface area (Å²) in [7, 11) is 3.89. The topological polar surface area (TPSA) is 66.4 Å². The number of hydrogen-bond donors (Lipinski definition) is 1. The lowest BCUT2D eigenvalue weighted by molar-refractivity contribution is -0.149. The normalized spacial score (nSPS) is 25.8. The van der Waals surface area contributed by atoms with Crippen LogP contribution in [0.1, 0.15) is 19.8 Å². The van der Waals surface area contributed by atoms with Crippen LogP contribution < -0.4 is 5.32 Å². The van der Waals surface area contributed by atoms with E-state index in [1.54, 1.807) is 7.05 Å². The fourth-order valence-corrected chi connectivity index (χ4v) is 3.15. The summed E-state index contributed by atoms with van der Waals surface area (Å²) in [5, 5.41) is 3.39. The lowest BCUT2D eigenvalue weighted by atomic mass is 9.98. The lowest BCUT2D eigenvalue weighted by Gasteiger charge is -2.35. The van der Waals surface area contributed by atoms with E-state index in [1.807, 2.05) is 6.92 Å². The van der Waals surface area contributed by atoms with Gasteiger partial charge in [0.1, 0.15) is 0 Å². The Labute approximate surface area is 162 Å². The molecule has 0 aromatic heterocycles. The third-order valence-electron chi connectivity index (χ3n) is 4.38. The van der Waals surface area contributed by atoms with E-state index < -0.39 is 0 Å². The van der Waals surface area contributed by atoms with Crippen molar-refractivity contribution in [2.24, 2.45) is 10.9 Å². The van der Waals surface area contributed by atoms with E-state index in [-0.39, 0.29) is 42.0 Å². The zero-order chi connectivity index (χ0) is 16.7. The van der Waals surface area contributed by atoms with Crippen molar-refractivity contribution < 1.29 is 14.3 Å². The number of hydrogen-bond acceptors (Lipinski definition) is 5. The van der Waals surface area contributed by atoms with Crippen molar-refractivity contribution in [2.45, 2.75) is 25.9 Å². The van der Waals surface area contributed by atoms with Crippen LogP contribution >= 0.6 is 24.0 Å². The minimum atomic E-state index is -0.0927. The molecule has 2 atom stereocenters. The molecule has 0 aromatic rings. The highest BCUT2D eigenvalue weighted by Crippen LogP contribution is 2.18. The summed E-state index contributed by atoms with van der Waals surface area (Å²) in [6, 6.07) is 0. The van der Waals surface area contributed by atoms with Crippen molar-refractivity contribution in [2.75, 3.05) is 60.0 Å². The molecule has 0 bridgehead atoms. The summed E-state index contributed by atoms with van der Waals surface area (Å²) in [5.74, 6) is 0.694. The van der Waals surface area contributed by atoms with Crippen molar-refractivity contribution in [3.8, 4) is 0 Å². The predicted molar refractivity (Wildman–Crippen MR) is 105 cm³/mol. The maximum Gasteiger partial charge on any atom is 0.310 e. The SMILES string of the molecule is CCOC(=O)C1CCCN(C(=NC)NCC2CN(C)CCO2)C1.I. The minimum absolute atomic E-state index is 0. The van der Waals surface area contributed by atoms with Crippen LogP contribution in [0.3, 0.4) is 0 Å². The molecule has 0 saturated carbocycles. The van der Waals surface area contributed by atoms with Gasteiger partial charge >= 0.3 is 5.97 Å². The van der Waals surface area contributed by atoms with Crippen LogP contribution in [0.5, 0.6) is 0 Å². The third kappa shape index (κ3) is 6.36. The fraction of sp³-hybridized carbons (Fsp3) is 0.875. The van der Waals surface area contributed by atoms with Gasteiger partial charge in [0, 0.05) is 39.8 Å². The third-order valence-corrected chi connectivity index (χ3v) is 4.38. The lowest BCUT2D eigenvalue weighted by Crippen LogP contribution is -2.52. The zero-order valence-electron chi connectivity index (χ0n) is 15.0. The van der Waals surface area contributed by atoms with Crippen LogP contribution in [0.15, 0.2) is 4.99 Å². The van der Waals surface area contributed by atoms with E-state index in [4.69, 9.17) is 9.47 Å². The van der Waals surface area contributed by atoms with Gasteiger partial charge in [0.15, 0.2) is 5.96 Å². The molecule has 2 unspecified atom stereocenters. The molecule has 2 aliphatic rings. The number of nitrogens with one attached hydrogen (secondary N) is 1. The van der Waals surface area contributed by atoms with Gasteiger partial charge in [0.05, 0.1) is 25.2 Å². The first-order valence-corrected chi connectivity index (χ1v) is 8.56. The molecular weight excluding hydrogens is 423 g/mol. The second-order valence-electron chi connectivity index (χ2n) is 6.22. The molecule has 7 nitrogen and oxygen atoms in total. The number of guanidine groups is 1. The van der Waals surface area contributed by atoms with E-state index in [2.05, 4.69) is 27.2 Å². The number of rotatable bonds is 4. The molecule has 140 valence electrons. The van der Waals surface area contributed by atoms with Gasteiger partial charge in [-0.1, -0.05) is 0 Å². The number of piperidine rings is 1. The number of nitrogens with zero attached hydrogens (tertiary/aromatic N) is 3. The summed E-state index contributed by atoms with van der Waals surface area (Å²) in [4.78, 5) is 20.8. The van der Waals surface area contributed by atoms with Crippen molar-refractivity contribution in [1.29, 1.82) is 0 Å². The van der Waals surface area contributed by atoms with E-state index in [0.717, 1.165) is 51.6 Å². The maximum atomic E-state index is 12.0. The van der Waals surface area contributed by atoms with Crippen LogP contribution in [-0.4, -0.2) is 87.9 Å². The molecule has 0 spiro atoms. The largest absolute Gasteiger partial charge is 0.466 e. The second-order valence-corrected chi connectivity index (χ2v) is 6.22. The first kappa shape index (κ1) is 21.4. The molecule has 0 radical (unpaired) electrons. The van der Waals surface area contributed by atoms with E-state index >= 15 is 0 Å². The van der Waals surface area contributed by atoms with Gasteiger partial charge in [0.2, 0.25) is 0 Å². The highest BCUT2D eigenvalue weighted by molar-refractivity contribution is 14.0. The van der Waals surface area contributed by atoms with E-state index in [9.17, 15) is 4.79 Å². The Bertz CT molecular complexity index is 422. The summed E-state index contributed by atoms with van der Waals surface area (Å²) < 4.78 is 10.9. The van der Waals surface area contributed by atoms with Gasteiger partial charge in [-0.3, -0.25) is 9.79 Å². The number of carbonyl (C=O) groups is 1. The van der Waals surface area contributed by atoms with Gasteiger partial charge in [-0.15, -0.1) is 24.0 Å². The molecule has 0 aliphatic carbocycles. The number of carbonyl (C=O) groups excluding carboxylic acids is 1. The Hall–Kier alpha value is -0.610. The quantitative estimate of drug-likeness (QED) is 0.293. The Kier molecular flexibility index (Phi) is 9.91. The van der Waals surface area contributed by atoms with Crippen LogP contribution in [-0.2, 0) is 14.3 Å². The Morgan fingerprint density at radius 1 is 1.38 bits per heavy atom. The number of ether oxygens (including phenoxy) is 2. The van der Waals surface area contributed by atoms with Crippen molar-refractivity contribution in [3.63, 3.8) is 0 Å². The highest BCUT2D eigenvalue weighted by Gasteiger charge is 2.28. The fourth-order valence-electron chi connectivity index (χ4n) is 3.15. The molecule has 2 heterocycles. The van der Waals surface area contributed by atoms with E-state index in [0.29, 0.717) is 13.2 Å². The van der Waals surface area contributed by atoms with Crippen molar-refractivity contribution in [3.05, 3.63) is 0 Å². The molecule has 1 N–H and O–H groups in total. The molecule has 2 fully saturated rings. The van der Waals surface area contributed by atoms with Gasteiger partial charge in [0.25, 0.3) is 0 Å². The molecule has 0 aromatic carbocycles. The van der Waals surface area contributed by atoms with Crippen molar-refractivity contribution >= 4 is 35.9 Å². The Morgan fingerprint density at radius 2 is 2.17 bits per heavy atom. The zero-order valence-corrected chi connectivity index (χ0v) is 17.3. The number of aliphatic imine (C=N–C) groups is 1. The Balaban J connectivity index is 0.00000288. The molecule has 8 heteroatoms. The van der Waals surface area contributed by atoms with Crippen LogP contribution in [0.2, 0.25) is 0 Å².